The lowest BCUT2D eigenvalue weighted by Gasteiger charge is -1.98. The minimum atomic E-state index is -0.457. The molecule has 0 saturated carbocycles. The summed E-state index contributed by atoms with van der Waals surface area (Å²) in [5, 5.41) is 13.2. The third-order valence-electron chi connectivity index (χ3n) is 1.45. The summed E-state index contributed by atoms with van der Waals surface area (Å²) in [5.41, 5.74) is 1.81. The van der Waals surface area contributed by atoms with Gasteiger partial charge >= 0.3 is 0 Å². The van der Waals surface area contributed by atoms with Gasteiger partial charge in [-0.05, 0) is 19.4 Å². The van der Waals surface area contributed by atoms with E-state index in [2.05, 4.69) is 5.10 Å². The lowest BCUT2D eigenvalue weighted by molar-refractivity contribution is 0.192. The Labute approximate surface area is 60.3 Å². The first-order valence-corrected chi connectivity index (χ1v) is 3.29. The molecule has 1 rings (SSSR count). The molecule has 1 aromatic heterocycles. The summed E-state index contributed by atoms with van der Waals surface area (Å²) in [6.07, 6.45) is 1.43. The zero-order chi connectivity index (χ0) is 7.72. The molecule has 0 aromatic carbocycles. The molecular weight excluding hydrogens is 128 g/mol. The van der Waals surface area contributed by atoms with E-state index in [0.717, 1.165) is 11.3 Å². The van der Waals surface area contributed by atoms with E-state index in [1.54, 1.807) is 11.6 Å². The molecule has 1 heterocycles. The first-order valence-electron chi connectivity index (χ1n) is 3.29. The minimum Gasteiger partial charge on any atom is -0.387 e. The van der Waals surface area contributed by atoms with Crippen molar-refractivity contribution < 1.29 is 5.11 Å². The van der Waals surface area contributed by atoms with Crippen molar-refractivity contribution in [2.75, 3.05) is 0 Å². The van der Waals surface area contributed by atoms with Gasteiger partial charge in [0, 0.05) is 13.2 Å². The molecule has 0 unspecified atom stereocenters. The summed E-state index contributed by atoms with van der Waals surface area (Å²) >= 11 is 0. The second-order valence-electron chi connectivity index (χ2n) is 2.55. The van der Waals surface area contributed by atoms with Crippen LogP contribution in [0.15, 0.2) is 6.20 Å². The van der Waals surface area contributed by atoms with Gasteiger partial charge in [0.2, 0.25) is 0 Å². The fourth-order valence-electron chi connectivity index (χ4n) is 1.04. The molecule has 0 radical (unpaired) electrons. The Bertz CT molecular complexity index is 228. The number of nitrogens with zero attached hydrogens (tertiary/aromatic N) is 2. The van der Waals surface area contributed by atoms with E-state index in [-0.39, 0.29) is 0 Å². The maximum atomic E-state index is 9.14. The van der Waals surface area contributed by atoms with Crippen LogP contribution in [0.2, 0.25) is 0 Å². The summed E-state index contributed by atoms with van der Waals surface area (Å²) in [4.78, 5) is 0. The Morgan fingerprint density at radius 1 is 1.70 bits per heavy atom. The van der Waals surface area contributed by atoms with Crippen LogP contribution in [0.1, 0.15) is 24.3 Å². The molecule has 0 aliphatic carbocycles. The number of aryl methyl sites for hydroxylation is 2. The highest BCUT2D eigenvalue weighted by Crippen LogP contribution is 2.12. The summed E-state index contributed by atoms with van der Waals surface area (Å²) < 4.78 is 1.71. The minimum absolute atomic E-state index is 0.457. The molecule has 1 aromatic rings. The molecule has 10 heavy (non-hydrogen) atoms. The number of aliphatic hydroxyl groups is 1. The number of hydrogen-bond acceptors (Lipinski definition) is 2. The second-order valence-corrected chi connectivity index (χ2v) is 2.55. The SMILES string of the molecule is Cc1cn(C)nc1[C@@H](C)O. The van der Waals surface area contributed by atoms with Crippen LogP contribution in [0.3, 0.4) is 0 Å². The lowest BCUT2D eigenvalue weighted by atomic mass is 10.2. The van der Waals surface area contributed by atoms with Gasteiger partial charge in [-0.25, -0.2) is 0 Å². The number of hydrogen-bond donors (Lipinski definition) is 1. The van der Waals surface area contributed by atoms with Crippen molar-refractivity contribution in [1.82, 2.24) is 9.78 Å². The van der Waals surface area contributed by atoms with Gasteiger partial charge in [0.1, 0.15) is 0 Å². The molecule has 3 nitrogen and oxygen atoms in total. The summed E-state index contributed by atoms with van der Waals surface area (Å²) in [7, 11) is 1.85. The molecule has 0 aliphatic heterocycles. The normalized spacial score (nSPS) is 13.6. The highest BCUT2D eigenvalue weighted by Gasteiger charge is 2.07. The molecule has 56 valence electrons. The largest absolute Gasteiger partial charge is 0.387 e. The maximum Gasteiger partial charge on any atom is 0.0953 e. The van der Waals surface area contributed by atoms with Crippen molar-refractivity contribution >= 4 is 0 Å². The van der Waals surface area contributed by atoms with E-state index >= 15 is 0 Å². The smallest absolute Gasteiger partial charge is 0.0953 e. The monoisotopic (exact) mass is 140 g/mol. The van der Waals surface area contributed by atoms with Gasteiger partial charge in [-0.3, -0.25) is 4.68 Å². The summed E-state index contributed by atoms with van der Waals surface area (Å²) in [5.74, 6) is 0. The zero-order valence-electron chi connectivity index (χ0n) is 6.50. The van der Waals surface area contributed by atoms with Crippen molar-refractivity contribution in [2.24, 2.45) is 7.05 Å². The third kappa shape index (κ3) is 1.19. The molecule has 0 aliphatic rings. The van der Waals surface area contributed by atoms with Gasteiger partial charge in [-0.1, -0.05) is 0 Å². The molecular formula is C7H12N2O. The van der Waals surface area contributed by atoms with Crippen molar-refractivity contribution in [3.63, 3.8) is 0 Å². The maximum absolute atomic E-state index is 9.14. The van der Waals surface area contributed by atoms with E-state index in [9.17, 15) is 0 Å². The van der Waals surface area contributed by atoms with Gasteiger partial charge < -0.3 is 5.11 Å². The van der Waals surface area contributed by atoms with Crippen LogP contribution in [0.4, 0.5) is 0 Å². The average Bonchev–Trinajstić information content (AvgIpc) is 2.10. The third-order valence-corrected chi connectivity index (χ3v) is 1.45. The molecule has 1 N–H and O–H groups in total. The van der Waals surface area contributed by atoms with Crippen LogP contribution >= 0.6 is 0 Å². The van der Waals surface area contributed by atoms with Gasteiger partial charge in [-0.15, -0.1) is 0 Å². The van der Waals surface area contributed by atoms with Crippen molar-refractivity contribution in [3.8, 4) is 0 Å². The molecule has 0 spiro atoms. The Hall–Kier alpha value is -0.830. The lowest BCUT2D eigenvalue weighted by Crippen LogP contribution is -1.95. The van der Waals surface area contributed by atoms with Crippen LogP contribution in [-0.4, -0.2) is 14.9 Å². The Morgan fingerprint density at radius 3 is 2.50 bits per heavy atom. The molecule has 0 saturated heterocycles. The molecule has 0 amide bonds. The van der Waals surface area contributed by atoms with Crippen molar-refractivity contribution in [1.29, 1.82) is 0 Å². The highest BCUT2D eigenvalue weighted by molar-refractivity contribution is 5.16. The predicted octanol–water partition coefficient (Wildman–Crippen LogP) is 0.782. The van der Waals surface area contributed by atoms with E-state index in [1.165, 1.54) is 0 Å². The first-order chi connectivity index (χ1) is 4.61. The van der Waals surface area contributed by atoms with Crippen LogP contribution in [0.5, 0.6) is 0 Å². The number of aliphatic hydroxyl groups excluding tert-OH is 1. The molecule has 0 bridgehead atoms. The summed E-state index contributed by atoms with van der Waals surface area (Å²) in [6, 6.07) is 0. The van der Waals surface area contributed by atoms with Gasteiger partial charge in [0.25, 0.3) is 0 Å². The van der Waals surface area contributed by atoms with Crippen LogP contribution in [0.25, 0.3) is 0 Å². The van der Waals surface area contributed by atoms with Crippen LogP contribution in [0, 0.1) is 6.92 Å². The van der Waals surface area contributed by atoms with Gasteiger partial charge in [0.15, 0.2) is 0 Å². The standard InChI is InChI=1S/C7H12N2O/c1-5-4-9(3)8-7(5)6(2)10/h4,6,10H,1-3H3/t6-/m1/s1. The van der Waals surface area contributed by atoms with Crippen LogP contribution < -0.4 is 0 Å². The quantitative estimate of drug-likeness (QED) is 0.626. The second kappa shape index (κ2) is 2.42. The van der Waals surface area contributed by atoms with E-state index < -0.39 is 6.10 Å². The highest BCUT2D eigenvalue weighted by atomic mass is 16.3. The molecule has 3 heteroatoms. The van der Waals surface area contributed by atoms with E-state index in [0.29, 0.717) is 0 Å². The van der Waals surface area contributed by atoms with Crippen LogP contribution in [-0.2, 0) is 7.05 Å². The van der Waals surface area contributed by atoms with Gasteiger partial charge in [-0.2, -0.15) is 5.10 Å². The van der Waals surface area contributed by atoms with Gasteiger partial charge in [0.05, 0.1) is 11.8 Å². The average molecular weight is 140 g/mol. The fourth-order valence-corrected chi connectivity index (χ4v) is 1.04. The number of aromatic nitrogens is 2. The topological polar surface area (TPSA) is 38.0 Å². The summed E-state index contributed by atoms with van der Waals surface area (Å²) in [6.45, 7) is 3.66. The Balaban J connectivity index is 3.03. The van der Waals surface area contributed by atoms with Crippen molar-refractivity contribution in [3.05, 3.63) is 17.5 Å². The number of rotatable bonds is 1. The van der Waals surface area contributed by atoms with E-state index in [1.807, 2.05) is 20.2 Å². The fraction of sp³-hybridized carbons (Fsp3) is 0.571. The Kier molecular flexibility index (Phi) is 1.76. The van der Waals surface area contributed by atoms with E-state index in [4.69, 9.17) is 5.11 Å². The molecule has 1 atom stereocenters. The Morgan fingerprint density at radius 2 is 2.30 bits per heavy atom. The zero-order valence-corrected chi connectivity index (χ0v) is 6.50. The van der Waals surface area contributed by atoms with Crippen molar-refractivity contribution in [2.45, 2.75) is 20.0 Å². The molecule has 0 fully saturated rings. The predicted molar refractivity (Wildman–Crippen MR) is 38.6 cm³/mol. The first kappa shape index (κ1) is 7.28.